The second-order valence-corrected chi connectivity index (χ2v) is 9.75. The molecule has 140 valence electrons. The molecule has 25 heavy (non-hydrogen) atoms. The molecule has 0 saturated heterocycles. The average molecular weight is 348 g/mol. The third kappa shape index (κ3) is 2.36. The molecule has 0 aromatic carbocycles. The van der Waals surface area contributed by atoms with E-state index in [-0.39, 0.29) is 23.4 Å². The first kappa shape index (κ1) is 17.5. The molecule has 4 heteroatoms. The zero-order valence-electron chi connectivity index (χ0n) is 15.5. The lowest BCUT2D eigenvalue weighted by Crippen LogP contribution is -2.55. The van der Waals surface area contributed by atoms with Crippen LogP contribution in [0.5, 0.6) is 0 Å². The Balaban J connectivity index is 1.65. The van der Waals surface area contributed by atoms with E-state index in [4.69, 9.17) is 0 Å². The van der Waals surface area contributed by atoms with Crippen molar-refractivity contribution in [3.63, 3.8) is 0 Å². The fourth-order valence-electron chi connectivity index (χ4n) is 7.29. The molecule has 3 N–H and O–H groups in total. The van der Waals surface area contributed by atoms with E-state index in [0.717, 1.165) is 44.9 Å². The molecule has 0 radical (unpaired) electrons. The molecule has 3 fully saturated rings. The van der Waals surface area contributed by atoms with Crippen LogP contribution in [0.25, 0.3) is 0 Å². The molecule has 4 aliphatic rings. The van der Waals surface area contributed by atoms with Crippen molar-refractivity contribution in [1.82, 2.24) is 0 Å². The van der Waals surface area contributed by atoms with Gasteiger partial charge in [-0.05, 0) is 80.0 Å². The molecular formula is C21H32O4. The summed E-state index contributed by atoms with van der Waals surface area (Å²) in [5.74, 6) is 0.693. The molecule has 7 atom stereocenters. The smallest absolute Gasteiger partial charge is 0.306 e. The van der Waals surface area contributed by atoms with Crippen LogP contribution in [-0.4, -0.2) is 33.0 Å². The fraction of sp³-hybridized carbons (Fsp3) is 0.857. The monoisotopic (exact) mass is 348 g/mol. The Hall–Kier alpha value is -0.870. The molecule has 0 aromatic rings. The van der Waals surface area contributed by atoms with Gasteiger partial charge in [0.2, 0.25) is 0 Å². The Morgan fingerprint density at radius 3 is 2.60 bits per heavy atom. The summed E-state index contributed by atoms with van der Waals surface area (Å²) in [6, 6.07) is 0. The predicted molar refractivity (Wildman–Crippen MR) is 94.9 cm³/mol. The molecule has 4 rings (SSSR count). The first-order valence-electron chi connectivity index (χ1n) is 10.0. The van der Waals surface area contributed by atoms with Gasteiger partial charge in [-0.15, -0.1) is 0 Å². The lowest BCUT2D eigenvalue weighted by atomic mass is 9.47. The van der Waals surface area contributed by atoms with E-state index in [9.17, 15) is 20.1 Å². The average Bonchev–Trinajstić information content (AvgIpc) is 2.79. The third-order valence-electron chi connectivity index (χ3n) is 8.84. The van der Waals surface area contributed by atoms with Gasteiger partial charge in [0.25, 0.3) is 0 Å². The number of carboxylic acids is 1. The second-order valence-electron chi connectivity index (χ2n) is 9.75. The van der Waals surface area contributed by atoms with Crippen LogP contribution >= 0.6 is 0 Å². The number of hydrogen-bond donors (Lipinski definition) is 3. The molecule has 7 unspecified atom stereocenters. The minimum atomic E-state index is -1.05. The highest BCUT2D eigenvalue weighted by molar-refractivity contribution is 5.68. The highest BCUT2D eigenvalue weighted by atomic mass is 16.4. The topological polar surface area (TPSA) is 77.8 Å². The van der Waals surface area contributed by atoms with Crippen LogP contribution in [-0.2, 0) is 4.79 Å². The van der Waals surface area contributed by atoms with Gasteiger partial charge >= 0.3 is 5.97 Å². The molecule has 0 bridgehead atoms. The maximum atomic E-state index is 11.3. The number of rotatable bonds is 2. The molecule has 0 heterocycles. The summed E-state index contributed by atoms with van der Waals surface area (Å²) in [7, 11) is 0. The van der Waals surface area contributed by atoms with Crippen LogP contribution in [0.4, 0.5) is 0 Å². The number of allylic oxidation sites excluding steroid dienone is 1. The lowest BCUT2D eigenvalue weighted by Gasteiger charge is -2.59. The number of fused-ring (bicyclic) bond motifs is 5. The van der Waals surface area contributed by atoms with Crippen molar-refractivity contribution in [2.75, 3.05) is 0 Å². The van der Waals surface area contributed by atoms with Gasteiger partial charge in [0, 0.05) is 0 Å². The highest BCUT2D eigenvalue weighted by Crippen LogP contribution is 2.67. The van der Waals surface area contributed by atoms with Crippen molar-refractivity contribution in [3.8, 4) is 0 Å². The van der Waals surface area contributed by atoms with Crippen LogP contribution in [0.1, 0.15) is 71.6 Å². The van der Waals surface area contributed by atoms with Crippen molar-refractivity contribution in [2.24, 2.45) is 28.6 Å². The van der Waals surface area contributed by atoms with Crippen molar-refractivity contribution < 1.29 is 20.1 Å². The summed E-state index contributed by atoms with van der Waals surface area (Å²) < 4.78 is 0. The van der Waals surface area contributed by atoms with Crippen molar-refractivity contribution in [3.05, 3.63) is 11.6 Å². The minimum absolute atomic E-state index is 0.123. The summed E-state index contributed by atoms with van der Waals surface area (Å²) in [6.07, 6.45) is 9.45. The first-order valence-corrected chi connectivity index (χ1v) is 10.0. The van der Waals surface area contributed by atoms with Crippen LogP contribution in [0.2, 0.25) is 0 Å². The highest BCUT2D eigenvalue weighted by Gasteiger charge is 2.63. The summed E-state index contributed by atoms with van der Waals surface area (Å²) in [4.78, 5) is 11.3. The lowest BCUT2D eigenvalue weighted by molar-refractivity contribution is -0.157. The third-order valence-corrected chi connectivity index (χ3v) is 8.84. The molecule has 0 aromatic heterocycles. The van der Waals surface area contributed by atoms with Gasteiger partial charge in [0.1, 0.15) is 0 Å². The number of aliphatic carboxylic acids is 1. The Morgan fingerprint density at radius 2 is 1.88 bits per heavy atom. The van der Waals surface area contributed by atoms with Gasteiger partial charge in [-0.1, -0.05) is 25.5 Å². The maximum Gasteiger partial charge on any atom is 0.306 e. The largest absolute Gasteiger partial charge is 0.481 e. The van der Waals surface area contributed by atoms with E-state index in [1.165, 1.54) is 5.57 Å². The zero-order valence-corrected chi connectivity index (χ0v) is 15.5. The van der Waals surface area contributed by atoms with Crippen LogP contribution < -0.4 is 0 Å². The van der Waals surface area contributed by atoms with Crippen molar-refractivity contribution >= 4 is 5.97 Å². The van der Waals surface area contributed by atoms with Gasteiger partial charge in [-0.25, -0.2) is 0 Å². The van der Waals surface area contributed by atoms with E-state index < -0.39 is 11.6 Å². The zero-order chi connectivity index (χ0) is 18.0. The number of hydrogen-bond acceptors (Lipinski definition) is 3. The summed E-state index contributed by atoms with van der Waals surface area (Å²) >= 11 is 0. The van der Waals surface area contributed by atoms with E-state index in [0.29, 0.717) is 24.2 Å². The molecule has 4 aliphatic carbocycles. The molecular weight excluding hydrogens is 316 g/mol. The first-order chi connectivity index (χ1) is 11.7. The van der Waals surface area contributed by atoms with Gasteiger partial charge in [0.15, 0.2) is 0 Å². The molecule has 0 aliphatic heterocycles. The number of aliphatic hydroxyl groups is 2. The van der Waals surface area contributed by atoms with E-state index in [1.54, 1.807) is 0 Å². The van der Waals surface area contributed by atoms with E-state index in [1.807, 2.05) is 0 Å². The van der Waals surface area contributed by atoms with Crippen molar-refractivity contribution in [2.45, 2.75) is 83.3 Å². The van der Waals surface area contributed by atoms with E-state index in [2.05, 4.69) is 19.9 Å². The Labute approximate surface area is 150 Å². The normalized spacial score (nSPS) is 51.9. The Kier molecular flexibility index (Phi) is 3.90. The summed E-state index contributed by atoms with van der Waals surface area (Å²) in [5, 5.41) is 30.6. The SMILES string of the molecule is CC12CCC(O)CC1=CCC1C2CCC2(C)C1CCC2(O)CC(=O)O. The summed E-state index contributed by atoms with van der Waals surface area (Å²) in [6.45, 7) is 4.54. The fourth-order valence-corrected chi connectivity index (χ4v) is 7.29. The quantitative estimate of drug-likeness (QED) is 0.667. The van der Waals surface area contributed by atoms with Crippen LogP contribution in [0, 0.1) is 28.6 Å². The number of carboxylic acid groups (broad SMARTS) is 1. The maximum absolute atomic E-state index is 11.3. The predicted octanol–water partition coefficient (Wildman–Crippen LogP) is 3.52. The Bertz CT molecular complexity index is 613. The molecule has 4 nitrogen and oxygen atoms in total. The van der Waals surface area contributed by atoms with Gasteiger partial charge in [-0.2, -0.15) is 0 Å². The molecule has 0 spiro atoms. The molecule has 3 saturated carbocycles. The number of aliphatic hydroxyl groups excluding tert-OH is 1. The van der Waals surface area contributed by atoms with Crippen LogP contribution in [0.15, 0.2) is 11.6 Å². The Morgan fingerprint density at radius 1 is 1.16 bits per heavy atom. The van der Waals surface area contributed by atoms with E-state index >= 15 is 0 Å². The summed E-state index contributed by atoms with van der Waals surface area (Å²) in [5.41, 5.74) is 0.316. The number of carbonyl (C=O) groups is 1. The second kappa shape index (κ2) is 5.56. The van der Waals surface area contributed by atoms with Gasteiger partial charge in [-0.3, -0.25) is 4.79 Å². The molecule has 0 amide bonds. The van der Waals surface area contributed by atoms with Crippen molar-refractivity contribution in [1.29, 1.82) is 0 Å². The van der Waals surface area contributed by atoms with Gasteiger partial charge in [0.05, 0.1) is 18.1 Å². The van der Waals surface area contributed by atoms with Gasteiger partial charge < -0.3 is 15.3 Å². The standard InChI is InChI=1S/C21H32O4/c1-19-8-5-14(22)11-13(19)3-4-15-16(19)6-9-20(2)17(15)7-10-21(20,25)12-18(23)24/h3,14-17,22,25H,4-12H2,1-2H3,(H,23,24). The van der Waals surface area contributed by atoms with Crippen LogP contribution in [0.3, 0.4) is 0 Å². The minimum Gasteiger partial charge on any atom is -0.481 e.